The summed E-state index contributed by atoms with van der Waals surface area (Å²) in [5.41, 5.74) is 6.27. The average Bonchev–Trinajstić information content (AvgIpc) is 3.28. The lowest BCUT2D eigenvalue weighted by Crippen LogP contribution is -2.10. The van der Waals surface area contributed by atoms with E-state index in [0.29, 0.717) is 17.6 Å². The molecule has 1 fully saturated rings. The fourth-order valence-electron chi connectivity index (χ4n) is 2.00. The van der Waals surface area contributed by atoms with Crippen LogP contribution in [-0.2, 0) is 4.74 Å². The minimum absolute atomic E-state index is 0.193. The number of nitrogens with two attached hydrogens (primary N) is 1. The molecule has 8 heteroatoms. The Morgan fingerprint density at radius 2 is 2.38 bits per heavy atom. The van der Waals surface area contributed by atoms with Crippen molar-refractivity contribution >= 4 is 17.6 Å². The molecule has 1 aliphatic rings. The number of hydrogen-bond donors (Lipinski definition) is 2. The smallest absolute Gasteiger partial charge is 0.345 e. The van der Waals surface area contributed by atoms with Gasteiger partial charge in [-0.25, -0.2) is 14.8 Å². The van der Waals surface area contributed by atoms with Crippen LogP contribution < -0.4 is 11.1 Å². The summed E-state index contributed by atoms with van der Waals surface area (Å²) in [6, 6.07) is 1.66. The predicted octanol–water partition coefficient (Wildman–Crippen LogP) is 0.853. The van der Waals surface area contributed by atoms with Crippen LogP contribution in [0.1, 0.15) is 23.2 Å². The summed E-state index contributed by atoms with van der Waals surface area (Å²) in [7, 11) is 1.31. The van der Waals surface area contributed by atoms with Crippen LogP contribution in [0.3, 0.4) is 0 Å². The van der Waals surface area contributed by atoms with Gasteiger partial charge in [-0.05, 0) is 18.8 Å². The van der Waals surface area contributed by atoms with E-state index in [9.17, 15) is 4.79 Å². The van der Waals surface area contributed by atoms with E-state index in [-0.39, 0.29) is 11.4 Å². The summed E-state index contributed by atoms with van der Waals surface area (Å²) < 4.78 is 6.19. The van der Waals surface area contributed by atoms with Gasteiger partial charge in [0.25, 0.3) is 0 Å². The van der Waals surface area contributed by atoms with E-state index in [1.54, 1.807) is 12.3 Å². The SMILES string of the molecule is COC(=O)c1c(NCC2CC2)nn(-c2ccncn2)c1N. The number of hydrogen-bond acceptors (Lipinski definition) is 7. The summed E-state index contributed by atoms with van der Waals surface area (Å²) in [6.07, 6.45) is 5.37. The maximum atomic E-state index is 11.9. The maximum Gasteiger partial charge on any atom is 0.345 e. The number of carbonyl (C=O) groups excluding carboxylic acids is 1. The Morgan fingerprint density at radius 3 is 3.00 bits per heavy atom. The highest BCUT2D eigenvalue weighted by Crippen LogP contribution is 2.30. The molecule has 0 saturated heterocycles. The fraction of sp³-hybridized carbons (Fsp3) is 0.385. The monoisotopic (exact) mass is 288 g/mol. The van der Waals surface area contributed by atoms with Gasteiger partial charge >= 0.3 is 5.97 Å². The molecular weight excluding hydrogens is 272 g/mol. The van der Waals surface area contributed by atoms with Gasteiger partial charge in [-0.15, -0.1) is 5.10 Å². The molecule has 2 aromatic heterocycles. The van der Waals surface area contributed by atoms with Crippen molar-refractivity contribution in [2.75, 3.05) is 24.7 Å². The number of nitrogen functional groups attached to an aromatic ring is 1. The van der Waals surface area contributed by atoms with Gasteiger partial charge in [0.05, 0.1) is 7.11 Å². The Balaban J connectivity index is 1.98. The third-order valence-electron chi connectivity index (χ3n) is 3.35. The molecule has 8 nitrogen and oxygen atoms in total. The van der Waals surface area contributed by atoms with Gasteiger partial charge in [-0.2, -0.15) is 4.68 Å². The van der Waals surface area contributed by atoms with Gasteiger partial charge < -0.3 is 15.8 Å². The minimum atomic E-state index is -0.522. The molecular formula is C13H16N6O2. The molecule has 1 aliphatic carbocycles. The summed E-state index contributed by atoms with van der Waals surface area (Å²) >= 11 is 0. The predicted molar refractivity (Wildman–Crippen MR) is 76.1 cm³/mol. The van der Waals surface area contributed by atoms with Gasteiger partial charge in [0.15, 0.2) is 11.6 Å². The van der Waals surface area contributed by atoms with Crippen LogP contribution in [-0.4, -0.2) is 39.4 Å². The van der Waals surface area contributed by atoms with Crippen LogP contribution in [0.2, 0.25) is 0 Å². The molecule has 2 heterocycles. The lowest BCUT2D eigenvalue weighted by atomic mass is 10.3. The molecule has 1 saturated carbocycles. The Hall–Kier alpha value is -2.64. The number of esters is 1. The highest BCUT2D eigenvalue weighted by molar-refractivity contribution is 5.99. The molecule has 0 amide bonds. The zero-order chi connectivity index (χ0) is 14.8. The van der Waals surface area contributed by atoms with Gasteiger partial charge in [0, 0.05) is 18.8 Å². The minimum Gasteiger partial charge on any atom is -0.465 e. The van der Waals surface area contributed by atoms with Crippen molar-refractivity contribution in [1.82, 2.24) is 19.7 Å². The largest absolute Gasteiger partial charge is 0.465 e. The van der Waals surface area contributed by atoms with Crippen LogP contribution in [0.5, 0.6) is 0 Å². The molecule has 21 heavy (non-hydrogen) atoms. The number of aromatic nitrogens is 4. The van der Waals surface area contributed by atoms with E-state index in [4.69, 9.17) is 10.5 Å². The number of nitrogens with zero attached hydrogens (tertiary/aromatic N) is 4. The highest BCUT2D eigenvalue weighted by Gasteiger charge is 2.26. The zero-order valence-electron chi connectivity index (χ0n) is 11.6. The van der Waals surface area contributed by atoms with E-state index in [1.165, 1.54) is 31.0 Å². The third-order valence-corrected chi connectivity index (χ3v) is 3.35. The molecule has 0 bridgehead atoms. The second-order valence-electron chi connectivity index (χ2n) is 4.90. The van der Waals surface area contributed by atoms with Gasteiger partial charge in [0.1, 0.15) is 17.7 Å². The van der Waals surface area contributed by atoms with E-state index >= 15 is 0 Å². The van der Waals surface area contributed by atoms with Crippen molar-refractivity contribution in [1.29, 1.82) is 0 Å². The number of nitrogens with one attached hydrogen (secondary N) is 1. The zero-order valence-corrected chi connectivity index (χ0v) is 11.6. The Labute approximate surface area is 121 Å². The van der Waals surface area contributed by atoms with Crippen LogP contribution in [0.4, 0.5) is 11.6 Å². The van der Waals surface area contributed by atoms with Crippen LogP contribution in [0.25, 0.3) is 5.82 Å². The normalized spacial score (nSPS) is 14.0. The van der Waals surface area contributed by atoms with E-state index in [2.05, 4.69) is 20.4 Å². The van der Waals surface area contributed by atoms with Crippen molar-refractivity contribution < 1.29 is 9.53 Å². The van der Waals surface area contributed by atoms with Gasteiger partial charge in [-0.1, -0.05) is 0 Å². The quantitative estimate of drug-likeness (QED) is 0.785. The second-order valence-corrected chi connectivity index (χ2v) is 4.90. The Kier molecular flexibility index (Phi) is 3.43. The molecule has 2 aromatic rings. The first-order valence-corrected chi connectivity index (χ1v) is 6.67. The first-order chi connectivity index (χ1) is 10.2. The molecule has 0 radical (unpaired) electrons. The van der Waals surface area contributed by atoms with E-state index in [0.717, 1.165) is 6.54 Å². The number of ether oxygens (including phenoxy) is 1. The standard InChI is InChI=1S/C13H16N6O2/c1-21-13(20)10-11(14)19(9-4-5-15-7-17-9)18-12(10)16-6-8-2-3-8/h4-5,7-8H,2-3,6,14H2,1H3,(H,16,18). The Bertz CT molecular complexity index is 650. The van der Waals surface area contributed by atoms with Gasteiger partial charge in [-0.3, -0.25) is 0 Å². The molecule has 0 aromatic carbocycles. The van der Waals surface area contributed by atoms with E-state index in [1.807, 2.05) is 0 Å². The van der Waals surface area contributed by atoms with Crippen LogP contribution in [0.15, 0.2) is 18.6 Å². The molecule has 3 rings (SSSR count). The summed E-state index contributed by atoms with van der Waals surface area (Å²) in [4.78, 5) is 19.9. The van der Waals surface area contributed by atoms with Crippen molar-refractivity contribution in [3.8, 4) is 5.82 Å². The lowest BCUT2D eigenvalue weighted by Gasteiger charge is -2.03. The summed E-state index contributed by atoms with van der Waals surface area (Å²) in [5, 5.41) is 7.50. The fourth-order valence-corrected chi connectivity index (χ4v) is 2.00. The van der Waals surface area contributed by atoms with Crippen molar-refractivity contribution in [2.45, 2.75) is 12.8 Å². The average molecular weight is 288 g/mol. The third kappa shape index (κ3) is 2.64. The number of carbonyl (C=O) groups is 1. The Morgan fingerprint density at radius 1 is 1.57 bits per heavy atom. The molecule has 3 N–H and O–H groups in total. The summed E-state index contributed by atoms with van der Waals surface area (Å²) in [6.45, 7) is 0.768. The number of anilines is 2. The second kappa shape index (κ2) is 5.39. The first kappa shape index (κ1) is 13.3. The van der Waals surface area contributed by atoms with Crippen molar-refractivity contribution in [3.05, 3.63) is 24.2 Å². The molecule has 0 aliphatic heterocycles. The van der Waals surface area contributed by atoms with Gasteiger partial charge in [0.2, 0.25) is 0 Å². The van der Waals surface area contributed by atoms with Crippen molar-refractivity contribution in [3.63, 3.8) is 0 Å². The molecule has 0 spiro atoms. The van der Waals surface area contributed by atoms with Crippen LogP contribution in [0, 0.1) is 5.92 Å². The topological polar surface area (TPSA) is 108 Å². The number of methoxy groups -OCH3 is 1. The summed E-state index contributed by atoms with van der Waals surface area (Å²) in [5.74, 6) is 1.22. The van der Waals surface area contributed by atoms with Crippen LogP contribution >= 0.6 is 0 Å². The van der Waals surface area contributed by atoms with Crippen molar-refractivity contribution in [2.24, 2.45) is 5.92 Å². The van der Waals surface area contributed by atoms with E-state index < -0.39 is 5.97 Å². The maximum absolute atomic E-state index is 11.9. The molecule has 110 valence electrons. The lowest BCUT2D eigenvalue weighted by molar-refractivity contribution is 0.0603. The molecule has 0 unspecified atom stereocenters. The molecule has 0 atom stereocenters. The first-order valence-electron chi connectivity index (χ1n) is 6.67. The number of rotatable bonds is 5. The highest BCUT2D eigenvalue weighted by atomic mass is 16.5.